The number of aryl methyl sites for hydroxylation is 1. The van der Waals surface area contributed by atoms with E-state index in [0.29, 0.717) is 0 Å². The van der Waals surface area contributed by atoms with Crippen LogP contribution in [0, 0.1) is 12.8 Å². The molecule has 3 nitrogen and oxygen atoms in total. The average Bonchev–Trinajstić information content (AvgIpc) is 2.67. The molecule has 1 aliphatic rings. The van der Waals surface area contributed by atoms with Gasteiger partial charge in [-0.05, 0) is 52.4 Å². The van der Waals surface area contributed by atoms with Crippen LogP contribution in [0.3, 0.4) is 0 Å². The van der Waals surface area contributed by atoms with E-state index in [4.69, 9.17) is 0 Å². The van der Waals surface area contributed by atoms with E-state index in [1.54, 1.807) is 11.3 Å². The van der Waals surface area contributed by atoms with Crippen LogP contribution in [0.4, 0.5) is 0 Å². The molecule has 0 bridgehead atoms. The third-order valence-electron chi connectivity index (χ3n) is 3.23. The Bertz CT molecular complexity index is 321. The van der Waals surface area contributed by atoms with Gasteiger partial charge in [0.2, 0.25) is 0 Å². The van der Waals surface area contributed by atoms with Crippen LogP contribution in [0.1, 0.15) is 23.5 Å². The maximum Gasteiger partial charge on any atom is 0.107 e. The van der Waals surface area contributed by atoms with E-state index < -0.39 is 0 Å². The number of thiazole rings is 1. The Morgan fingerprint density at radius 1 is 1.47 bits per heavy atom. The van der Waals surface area contributed by atoms with Crippen LogP contribution in [-0.2, 0) is 6.54 Å². The lowest BCUT2D eigenvalue weighted by Crippen LogP contribution is -2.36. The molecule has 2 heterocycles. The molecule has 1 fully saturated rings. The van der Waals surface area contributed by atoms with Crippen LogP contribution in [-0.4, -0.2) is 36.6 Å². The molecule has 0 radical (unpaired) electrons. The summed E-state index contributed by atoms with van der Waals surface area (Å²) in [6, 6.07) is 0. The van der Waals surface area contributed by atoms with Gasteiger partial charge in [0.1, 0.15) is 5.01 Å². The zero-order valence-electron chi connectivity index (χ0n) is 10.6. The van der Waals surface area contributed by atoms with Gasteiger partial charge in [-0.1, -0.05) is 0 Å². The van der Waals surface area contributed by atoms with Crippen molar-refractivity contribution < 1.29 is 0 Å². The Morgan fingerprint density at radius 2 is 2.18 bits per heavy atom. The fourth-order valence-electron chi connectivity index (χ4n) is 2.30. The molecule has 1 N–H and O–H groups in total. The van der Waals surface area contributed by atoms with Crippen molar-refractivity contribution in [2.75, 3.05) is 26.7 Å². The number of rotatable bonds is 4. The molecule has 1 aromatic heterocycles. The quantitative estimate of drug-likeness (QED) is 0.914. The normalized spacial score (nSPS) is 18.0. The predicted octanol–water partition coefficient (Wildman–Crippen LogP) is 2.30. The first kappa shape index (κ1) is 14.9. The zero-order chi connectivity index (χ0) is 11.4. The molecule has 0 saturated carbocycles. The highest BCUT2D eigenvalue weighted by atomic mass is 35.5. The van der Waals surface area contributed by atoms with Gasteiger partial charge < -0.3 is 5.32 Å². The van der Waals surface area contributed by atoms with Crippen molar-refractivity contribution in [3.8, 4) is 0 Å². The Labute approximate surface area is 114 Å². The molecule has 0 unspecified atom stereocenters. The summed E-state index contributed by atoms with van der Waals surface area (Å²) in [4.78, 5) is 7.06. The summed E-state index contributed by atoms with van der Waals surface area (Å²) in [6.45, 7) is 6.74. The highest BCUT2D eigenvalue weighted by Gasteiger charge is 2.19. The van der Waals surface area contributed by atoms with Crippen molar-refractivity contribution in [3.05, 3.63) is 16.1 Å². The standard InChI is InChI=1S/C12H21N3S.ClH/c1-10-9-16-12(14-10)8-15-5-3-11(4-6-15)7-13-2;/h9,11,13H,3-8H2,1-2H3;1H. The van der Waals surface area contributed by atoms with E-state index in [-0.39, 0.29) is 12.4 Å². The molecule has 2 rings (SSSR count). The molecule has 98 valence electrons. The van der Waals surface area contributed by atoms with Crippen LogP contribution in [0.2, 0.25) is 0 Å². The number of halogens is 1. The van der Waals surface area contributed by atoms with E-state index in [0.717, 1.165) is 18.2 Å². The SMILES string of the molecule is CNCC1CCN(Cc2nc(C)cs2)CC1.Cl. The molecule has 0 spiro atoms. The fraction of sp³-hybridized carbons (Fsp3) is 0.750. The minimum absolute atomic E-state index is 0. The van der Waals surface area contributed by atoms with Crippen molar-refractivity contribution in [1.82, 2.24) is 15.2 Å². The molecular weight excluding hydrogens is 254 g/mol. The van der Waals surface area contributed by atoms with Crippen molar-refractivity contribution in [3.63, 3.8) is 0 Å². The first-order chi connectivity index (χ1) is 7.78. The van der Waals surface area contributed by atoms with Crippen molar-refractivity contribution >= 4 is 23.7 Å². The summed E-state index contributed by atoms with van der Waals surface area (Å²) in [5, 5.41) is 6.69. The molecule has 5 heteroatoms. The van der Waals surface area contributed by atoms with Crippen molar-refractivity contribution in [2.24, 2.45) is 5.92 Å². The van der Waals surface area contributed by atoms with Crippen LogP contribution >= 0.6 is 23.7 Å². The van der Waals surface area contributed by atoms with E-state index in [1.165, 1.54) is 37.5 Å². The maximum absolute atomic E-state index is 4.52. The molecule has 0 amide bonds. The number of nitrogens with one attached hydrogen (secondary N) is 1. The van der Waals surface area contributed by atoms with Gasteiger partial charge in [-0.3, -0.25) is 4.90 Å². The molecule has 0 aromatic carbocycles. The Balaban J connectivity index is 0.00000144. The van der Waals surface area contributed by atoms with E-state index in [9.17, 15) is 0 Å². The second-order valence-electron chi connectivity index (χ2n) is 4.66. The Morgan fingerprint density at radius 3 is 2.71 bits per heavy atom. The van der Waals surface area contributed by atoms with Crippen LogP contribution in [0.5, 0.6) is 0 Å². The lowest BCUT2D eigenvalue weighted by atomic mass is 9.97. The maximum atomic E-state index is 4.52. The third-order valence-corrected chi connectivity index (χ3v) is 4.18. The predicted molar refractivity (Wildman–Crippen MR) is 76.0 cm³/mol. The van der Waals surface area contributed by atoms with Gasteiger partial charge >= 0.3 is 0 Å². The van der Waals surface area contributed by atoms with Gasteiger partial charge in [0.25, 0.3) is 0 Å². The Hall–Kier alpha value is -0.160. The summed E-state index contributed by atoms with van der Waals surface area (Å²) in [5.41, 5.74) is 1.16. The lowest BCUT2D eigenvalue weighted by molar-refractivity contribution is 0.176. The molecule has 0 aliphatic carbocycles. The second-order valence-corrected chi connectivity index (χ2v) is 5.60. The van der Waals surface area contributed by atoms with Gasteiger partial charge in [-0.15, -0.1) is 23.7 Å². The van der Waals surface area contributed by atoms with Crippen LogP contribution in [0.25, 0.3) is 0 Å². The van der Waals surface area contributed by atoms with Gasteiger partial charge in [0.15, 0.2) is 0 Å². The van der Waals surface area contributed by atoms with E-state index >= 15 is 0 Å². The number of nitrogens with zero attached hydrogens (tertiary/aromatic N) is 2. The van der Waals surface area contributed by atoms with Gasteiger partial charge in [0.05, 0.1) is 6.54 Å². The molecule has 1 saturated heterocycles. The summed E-state index contributed by atoms with van der Waals surface area (Å²) in [7, 11) is 2.05. The van der Waals surface area contributed by atoms with Gasteiger partial charge in [-0.25, -0.2) is 4.98 Å². The summed E-state index contributed by atoms with van der Waals surface area (Å²) in [5.74, 6) is 0.874. The smallest absolute Gasteiger partial charge is 0.107 e. The summed E-state index contributed by atoms with van der Waals surface area (Å²) in [6.07, 6.45) is 2.65. The number of hydrogen-bond donors (Lipinski definition) is 1. The van der Waals surface area contributed by atoms with Gasteiger partial charge in [-0.2, -0.15) is 0 Å². The topological polar surface area (TPSA) is 28.2 Å². The third kappa shape index (κ3) is 4.54. The van der Waals surface area contributed by atoms with E-state index in [2.05, 4.69) is 27.5 Å². The van der Waals surface area contributed by atoms with Crippen LogP contribution in [0.15, 0.2) is 5.38 Å². The van der Waals surface area contributed by atoms with Crippen molar-refractivity contribution in [2.45, 2.75) is 26.3 Å². The number of aromatic nitrogens is 1. The zero-order valence-corrected chi connectivity index (χ0v) is 12.2. The second kappa shape index (κ2) is 7.31. The highest BCUT2D eigenvalue weighted by molar-refractivity contribution is 7.09. The average molecular weight is 276 g/mol. The first-order valence-electron chi connectivity index (χ1n) is 6.06. The van der Waals surface area contributed by atoms with Crippen LogP contribution < -0.4 is 5.32 Å². The Kier molecular flexibility index (Phi) is 6.41. The minimum atomic E-state index is 0. The largest absolute Gasteiger partial charge is 0.319 e. The number of hydrogen-bond acceptors (Lipinski definition) is 4. The van der Waals surface area contributed by atoms with E-state index in [1.807, 2.05) is 7.05 Å². The first-order valence-corrected chi connectivity index (χ1v) is 6.94. The molecule has 0 atom stereocenters. The van der Waals surface area contributed by atoms with Gasteiger partial charge in [0, 0.05) is 11.1 Å². The van der Waals surface area contributed by atoms with Crippen molar-refractivity contribution in [1.29, 1.82) is 0 Å². The fourth-order valence-corrected chi connectivity index (χ4v) is 3.12. The minimum Gasteiger partial charge on any atom is -0.319 e. The highest BCUT2D eigenvalue weighted by Crippen LogP contribution is 2.19. The molecule has 17 heavy (non-hydrogen) atoms. The molecule has 1 aliphatic heterocycles. The summed E-state index contributed by atoms with van der Waals surface area (Å²) >= 11 is 1.79. The molecular formula is C12H22ClN3S. The molecule has 1 aromatic rings. The number of likely N-dealkylation sites (tertiary alicyclic amines) is 1. The monoisotopic (exact) mass is 275 g/mol. The summed E-state index contributed by atoms with van der Waals surface area (Å²) < 4.78 is 0. The lowest BCUT2D eigenvalue weighted by Gasteiger charge is -2.31. The number of piperidine rings is 1.